The van der Waals surface area contributed by atoms with Gasteiger partial charge in [-0.3, -0.25) is 9.59 Å². The molecule has 3 rings (SSSR count). The second-order valence-electron chi connectivity index (χ2n) is 6.56. The summed E-state index contributed by atoms with van der Waals surface area (Å²) in [6, 6.07) is 0. The van der Waals surface area contributed by atoms with Gasteiger partial charge in [-0.2, -0.15) is 0 Å². The molecule has 2 aliphatic heterocycles. The van der Waals surface area contributed by atoms with Gasteiger partial charge in [-0.15, -0.1) is 0 Å². The van der Waals surface area contributed by atoms with Crippen molar-refractivity contribution in [2.24, 2.45) is 0 Å². The first-order valence-electron chi connectivity index (χ1n) is 7.67. The molecular weight excluding hydrogens is 298 g/mol. The molecule has 0 saturated carbocycles. The molecule has 124 valence electrons. The molecule has 1 aromatic heterocycles. The lowest BCUT2D eigenvalue weighted by molar-refractivity contribution is 0.0552. The van der Waals surface area contributed by atoms with E-state index in [1.165, 1.54) is 11.8 Å². The van der Waals surface area contributed by atoms with Crippen LogP contribution in [0, 0.1) is 13.8 Å². The first-order valence-corrected chi connectivity index (χ1v) is 7.67. The van der Waals surface area contributed by atoms with Crippen LogP contribution in [-0.2, 0) is 4.74 Å². The van der Waals surface area contributed by atoms with Gasteiger partial charge in [0.05, 0.1) is 24.3 Å². The lowest BCUT2D eigenvalue weighted by atomic mass is 10.0. The molecule has 0 bridgehead atoms. The third kappa shape index (κ3) is 2.40. The van der Waals surface area contributed by atoms with Gasteiger partial charge in [-0.25, -0.2) is 4.79 Å². The van der Waals surface area contributed by atoms with Gasteiger partial charge in [-0.05, 0) is 19.4 Å². The van der Waals surface area contributed by atoms with Crippen molar-refractivity contribution in [1.29, 1.82) is 0 Å². The largest absolute Gasteiger partial charge is 0.439 e. The Balaban J connectivity index is 1.83. The van der Waals surface area contributed by atoms with Gasteiger partial charge >= 0.3 is 6.09 Å². The van der Waals surface area contributed by atoms with Crippen molar-refractivity contribution in [3.63, 3.8) is 0 Å². The number of likely N-dealkylation sites (N-methyl/N-ethyl adjacent to an activating group) is 1. The van der Waals surface area contributed by atoms with E-state index in [1.54, 1.807) is 25.8 Å². The molecule has 1 atom stereocenters. The molecule has 0 unspecified atom stereocenters. The smallest absolute Gasteiger partial charge is 0.410 e. The Morgan fingerprint density at radius 3 is 2.48 bits per heavy atom. The molecule has 23 heavy (non-hydrogen) atoms. The van der Waals surface area contributed by atoms with Crippen molar-refractivity contribution in [2.45, 2.75) is 32.8 Å². The molecule has 0 aromatic carbocycles. The second-order valence-corrected chi connectivity index (χ2v) is 6.56. The van der Waals surface area contributed by atoms with Crippen molar-refractivity contribution in [3.05, 3.63) is 22.5 Å². The van der Waals surface area contributed by atoms with E-state index in [0.717, 1.165) is 0 Å². The minimum absolute atomic E-state index is 0.0890. The summed E-state index contributed by atoms with van der Waals surface area (Å²) < 4.78 is 5.47. The molecule has 1 spiro atoms. The molecule has 7 heteroatoms. The van der Waals surface area contributed by atoms with E-state index >= 15 is 0 Å². The van der Waals surface area contributed by atoms with Crippen molar-refractivity contribution in [3.8, 4) is 0 Å². The summed E-state index contributed by atoms with van der Waals surface area (Å²) in [5, 5.41) is 0. The molecule has 3 heterocycles. The fourth-order valence-corrected chi connectivity index (χ4v) is 3.60. The van der Waals surface area contributed by atoms with E-state index in [0.29, 0.717) is 48.6 Å². The number of rotatable bonds is 2. The summed E-state index contributed by atoms with van der Waals surface area (Å²) in [6.45, 7) is 6.48. The number of nitrogens with zero attached hydrogens (tertiary/aromatic N) is 2. The zero-order valence-corrected chi connectivity index (χ0v) is 13.9. The number of H-pyrrole nitrogens is 1. The minimum Gasteiger partial charge on any atom is -0.439 e. The maximum Gasteiger partial charge on any atom is 0.410 e. The van der Waals surface area contributed by atoms with E-state index in [9.17, 15) is 14.4 Å². The van der Waals surface area contributed by atoms with Crippen molar-refractivity contribution >= 4 is 17.8 Å². The topological polar surface area (TPSA) is 82.7 Å². The van der Waals surface area contributed by atoms with E-state index < -0.39 is 5.60 Å². The zero-order valence-electron chi connectivity index (χ0n) is 13.9. The predicted octanol–water partition coefficient (Wildman–Crippen LogP) is 1.50. The van der Waals surface area contributed by atoms with E-state index in [-0.39, 0.29) is 17.8 Å². The first kappa shape index (κ1) is 15.6. The molecule has 0 aliphatic carbocycles. The van der Waals surface area contributed by atoms with Gasteiger partial charge in [0.25, 0.3) is 5.91 Å². The Bertz CT molecular complexity index is 708. The molecule has 1 aromatic rings. The van der Waals surface area contributed by atoms with Gasteiger partial charge < -0.3 is 19.5 Å². The molecule has 2 fully saturated rings. The number of aromatic nitrogens is 1. The Labute approximate surface area is 134 Å². The number of hydrogen-bond donors (Lipinski definition) is 1. The first-order chi connectivity index (χ1) is 10.7. The van der Waals surface area contributed by atoms with Crippen LogP contribution in [0.4, 0.5) is 4.79 Å². The summed E-state index contributed by atoms with van der Waals surface area (Å²) in [5.74, 6) is -0.208. The minimum atomic E-state index is -0.594. The van der Waals surface area contributed by atoms with Gasteiger partial charge in [-0.1, -0.05) is 0 Å². The molecule has 0 radical (unpaired) electrons. The maximum absolute atomic E-state index is 12.9. The fraction of sp³-hybridized carbons (Fsp3) is 0.562. The number of carbonyl (C=O) groups is 3. The molecule has 7 nitrogen and oxygen atoms in total. The van der Waals surface area contributed by atoms with Crippen LogP contribution in [0.25, 0.3) is 0 Å². The quantitative estimate of drug-likeness (QED) is 0.838. The number of likely N-dealkylation sites (tertiary alicyclic amines) is 1. The maximum atomic E-state index is 12.9. The average Bonchev–Trinajstić information content (AvgIpc) is 3.08. The zero-order chi connectivity index (χ0) is 16.9. The number of ketones is 1. The summed E-state index contributed by atoms with van der Waals surface area (Å²) in [4.78, 5) is 42.4. The standard InChI is InChI=1S/C16H21N3O4/c1-9-12(10(2)17-13(9)11(3)20)14(21)19-6-5-16(8-19)7-18(4)15(22)23-16/h17H,5-8H2,1-4H3/t16-/m0/s1. The predicted molar refractivity (Wildman–Crippen MR) is 82.6 cm³/mol. The van der Waals surface area contributed by atoms with E-state index in [1.807, 2.05) is 0 Å². The molecular formula is C16H21N3O4. The number of aryl methyl sites for hydroxylation is 1. The van der Waals surface area contributed by atoms with Crippen LogP contribution in [0.5, 0.6) is 0 Å². The number of carbonyl (C=O) groups excluding carboxylic acids is 3. The third-order valence-corrected chi connectivity index (χ3v) is 4.75. The number of hydrogen-bond acceptors (Lipinski definition) is 4. The molecule has 1 N–H and O–H groups in total. The summed E-state index contributed by atoms with van der Waals surface area (Å²) in [6.07, 6.45) is 0.295. The summed E-state index contributed by atoms with van der Waals surface area (Å²) in [7, 11) is 1.70. The van der Waals surface area contributed by atoms with E-state index in [2.05, 4.69) is 4.98 Å². The van der Waals surface area contributed by atoms with Gasteiger partial charge in [0, 0.05) is 32.6 Å². The van der Waals surface area contributed by atoms with Crippen molar-refractivity contribution in [1.82, 2.24) is 14.8 Å². The number of aromatic amines is 1. The highest BCUT2D eigenvalue weighted by Crippen LogP contribution is 2.33. The van der Waals surface area contributed by atoms with Gasteiger partial charge in [0.1, 0.15) is 0 Å². The van der Waals surface area contributed by atoms with Crippen LogP contribution in [0.3, 0.4) is 0 Å². The van der Waals surface area contributed by atoms with Crippen LogP contribution in [0.15, 0.2) is 0 Å². The summed E-state index contributed by atoms with van der Waals surface area (Å²) in [5.41, 5.74) is 1.81. The highest BCUT2D eigenvalue weighted by atomic mass is 16.6. The highest BCUT2D eigenvalue weighted by molar-refractivity contribution is 6.02. The number of Topliss-reactive ketones (excluding diaryl/α,β-unsaturated/α-hetero) is 1. The van der Waals surface area contributed by atoms with Crippen LogP contribution >= 0.6 is 0 Å². The van der Waals surface area contributed by atoms with Crippen molar-refractivity contribution in [2.75, 3.05) is 26.7 Å². The summed E-state index contributed by atoms with van der Waals surface area (Å²) >= 11 is 0. The normalized spacial score (nSPS) is 23.7. The average molecular weight is 319 g/mol. The molecule has 2 aliphatic rings. The van der Waals surface area contributed by atoms with Crippen LogP contribution in [0.2, 0.25) is 0 Å². The Hall–Kier alpha value is -2.31. The Morgan fingerprint density at radius 2 is 1.96 bits per heavy atom. The van der Waals surface area contributed by atoms with Crippen LogP contribution in [0.1, 0.15) is 45.4 Å². The number of ether oxygens (including phenoxy) is 1. The SMILES string of the molecule is CC(=O)c1[nH]c(C)c(C(=O)N2CC[C@]3(CN(C)C(=O)O3)C2)c1C. The van der Waals surface area contributed by atoms with Crippen LogP contribution in [-0.4, -0.2) is 64.9 Å². The van der Waals surface area contributed by atoms with Crippen LogP contribution < -0.4 is 0 Å². The van der Waals surface area contributed by atoms with Crippen molar-refractivity contribution < 1.29 is 19.1 Å². The monoisotopic (exact) mass is 319 g/mol. The molecule has 2 amide bonds. The Morgan fingerprint density at radius 1 is 1.26 bits per heavy atom. The fourth-order valence-electron chi connectivity index (χ4n) is 3.60. The third-order valence-electron chi connectivity index (χ3n) is 4.75. The van der Waals surface area contributed by atoms with Gasteiger partial charge in [0.2, 0.25) is 0 Å². The Kier molecular flexibility index (Phi) is 3.46. The van der Waals surface area contributed by atoms with E-state index in [4.69, 9.17) is 4.74 Å². The highest BCUT2D eigenvalue weighted by Gasteiger charge is 2.49. The molecule has 2 saturated heterocycles. The van der Waals surface area contributed by atoms with Gasteiger partial charge in [0.15, 0.2) is 11.4 Å². The lowest BCUT2D eigenvalue weighted by Gasteiger charge is -2.22. The number of amides is 2. The second kappa shape index (κ2) is 5.11. The number of nitrogens with one attached hydrogen (secondary N) is 1. The lowest BCUT2D eigenvalue weighted by Crippen LogP contribution is -2.39.